The van der Waals surface area contributed by atoms with Crippen LogP contribution in [0.15, 0.2) is 102 Å². The Balaban J connectivity index is 1.47. The summed E-state index contributed by atoms with van der Waals surface area (Å²) in [6.07, 6.45) is 3.81. The van der Waals surface area contributed by atoms with Crippen molar-refractivity contribution in [2.24, 2.45) is 0 Å². The highest BCUT2D eigenvalue weighted by Crippen LogP contribution is 2.36. The summed E-state index contributed by atoms with van der Waals surface area (Å²) in [5.41, 5.74) is 2.95. The molecule has 0 aliphatic rings. The molecule has 0 spiro atoms. The van der Waals surface area contributed by atoms with Gasteiger partial charge in [0, 0.05) is 34.5 Å². The van der Waals surface area contributed by atoms with Gasteiger partial charge in [-0.1, -0.05) is 41.9 Å². The Morgan fingerprint density at radius 3 is 2.65 bits per heavy atom. The van der Waals surface area contributed by atoms with E-state index in [0.717, 1.165) is 27.8 Å². The van der Waals surface area contributed by atoms with Crippen molar-refractivity contribution in [2.75, 3.05) is 0 Å². The molecule has 170 valence electrons. The molecule has 0 bridgehead atoms. The number of furan rings is 1. The Bertz CT molecular complexity index is 1390. The maximum absolute atomic E-state index is 13.0. The fourth-order valence-corrected chi connectivity index (χ4v) is 4.26. The molecule has 0 saturated carbocycles. The lowest BCUT2D eigenvalue weighted by Crippen LogP contribution is -2.24. The van der Waals surface area contributed by atoms with Gasteiger partial charge in [0.15, 0.2) is 0 Å². The van der Waals surface area contributed by atoms with Crippen molar-refractivity contribution < 1.29 is 13.9 Å². The molecule has 5 nitrogen and oxygen atoms in total. The van der Waals surface area contributed by atoms with Gasteiger partial charge in [0.1, 0.15) is 17.3 Å². The van der Waals surface area contributed by atoms with Crippen molar-refractivity contribution in [1.29, 1.82) is 0 Å². The highest BCUT2D eigenvalue weighted by Gasteiger charge is 2.22. The molecule has 2 aromatic heterocycles. The number of ether oxygens (including phenoxy) is 1. The first kappa shape index (κ1) is 21.9. The Hall–Kier alpha value is -3.96. The monoisotopic (exact) mass is 470 g/mol. The molecule has 6 heteroatoms. The number of H-pyrrole nitrogens is 1. The van der Waals surface area contributed by atoms with E-state index in [0.29, 0.717) is 23.1 Å². The van der Waals surface area contributed by atoms with E-state index in [2.05, 4.69) is 10.3 Å². The Labute approximate surface area is 202 Å². The van der Waals surface area contributed by atoms with Crippen LogP contribution in [0.3, 0.4) is 0 Å². The molecule has 0 saturated heterocycles. The lowest BCUT2D eigenvalue weighted by Gasteiger charge is -2.18. The van der Waals surface area contributed by atoms with E-state index in [9.17, 15) is 4.79 Å². The van der Waals surface area contributed by atoms with Gasteiger partial charge in [0.25, 0.3) is 0 Å². The van der Waals surface area contributed by atoms with Crippen LogP contribution in [0.5, 0.6) is 11.5 Å². The van der Waals surface area contributed by atoms with Crippen LogP contribution in [0.1, 0.15) is 29.2 Å². The van der Waals surface area contributed by atoms with E-state index in [-0.39, 0.29) is 18.2 Å². The van der Waals surface area contributed by atoms with Gasteiger partial charge in [0.05, 0.1) is 12.8 Å². The van der Waals surface area contributed by atoms with Gasteiger partial charge in [-0.3, -0.25) is 4.79 Å². The molecule has 5 rings (SSSR count). The average Bonchev–Trinajstić information content (AvgIpc) is 3.52. The SMILES string of the molecule is O=C(CC(c1cccc(Oc2ccccc2)c1)c1c[nH]c2ccc(Cl)cc12)NCc1ccco1. The number of carbonyl (C=O) groups excluding carboxylic acids is 1. The molecule has 2 heterocycles. The maximum atomic E-state index is 13.0. The molecule has 3 aromatic carbocycles. The number of aromatic nitrogens is 1. The van der Waals surface area contributed by atoms with Crippen molar-refractivity contribution in [1.82, 2.24) is 10.3 Å². The van der Waals surface area contributed by atoms with E-state index >= 15 is 0 Å². The zero-order valence-corrected chi connectivity index (χ0v) is 19.1. The molecule has 5 aromatic rings. The van der Waals surface area contributed by atoms with Crippen LogP contribution < -0.4 is 10.1 Å². The minimum Gasteiger partial charge on any atom is -0.467 e. The zero-order chi connectivity index (χ0) is 23.3. The lowest BCUT2D eigenvalue weighted by molar-refractivity contribution is -0.121. The van der Waals surface area contributed by atoms with Crippen LogP contribution in [0.2, 0.25) is 5.02 Å². The smallest absolute Gasteiger partial charge is 0.221 e. The molecule has 0 radical (unpaired) electrons. The lowest BCUT2D eigenvalue weighted by atomic mass is 9.88. The summed E-state index contributed by atoms with van der Waals surface area (Å²) in [5, 5.41) is 4.60. The van der Waals surface area contributed by atoms with Crippen LogP contribution >= 0.6 is 11.6 Å². The van der Waals surface area contributed by atoms with Gasteiger partial charge >= 0.3 is 0 Å². The summed E-state index contributed by atoms with van der Waals surface area (Å²) < 4.78 is 11.4. The van der Waals surface area contributed by atoms with E-state index in [1.807, 2.05) is 85.1 Å². The maximum Gasteiger partial charge on any atom is 0.221 e. The van der Waals surface area contributed by atoms with E-state index < -0.39 is 0 Å². The van der Waals surface area contributed by atoms with Crippen molar-refractivity contribution >= 4 is 28.4 Å². The predicted octanol–water partition coefficient (Wildman–Crippen LogP) is 7.05. The van der Waals surface area contributed by atoms with Gasteiger partial charge in [-0.05, 0) is 65.7 Å². The van der Waals surface area contributed by atoms with Crippen molar-refractivity contribution in [3.63, 3.8) is 0 Å². The van der Waals surface area contributed by atoms with Crippen LogP contribution in [0.25, 0.3) is 10.9 Å². The van der Waals surface area contributed by atoms with Crippen LogP contribution in [-0.2, 0) is 11.3 Å². The Kier molecular flexibility index (Phi) is 6.36. The number of nitrogens with one attached hydrogen (secondary N) is 2. The number of aromatic amines is 1. The van der Waals surface area contributed by atoms with Crippen LogP contribution in [0, 0.1) is 0 Å². The number of fused-ring (bicyclic) bond motifs is 1. The Morgan fingerprint density at radius 2 is 1.82 bits per heavy atom. The molecule has 0 aliphatic carbocycles. The summed E-state index contributed by atoms with van der Waals surface area (Å²) >= 11 is 6.30. The highest BCUT2D eigenvalue weighted by molar-refractivity contribution is 6.31. The molecule has 0 fully saturated rings. The third-order valence-corrected chi connectivity index (χ3v) is 5.96. The number of amides is 1. The largest absolute Gasteiger partial charge is 0.467 e. The number of para-hydroxylation sites is 1. The second-order valence-electron chi connectivity index (χ2n) is 8.03. The van der Waals surface area contributed by atoms with Crippen molar-refractivity contribution in [3.05, 3.63) is 119 Å². The van der Waals surface area contributed by atoms with Gasteiger partial charge in [-0.15, -0.1) is 0 Å². The molecule has 34 heavy (non-hydrogen) atoms. The predicted molar refractivity (Wildman–Crippen MR) is 133 cm³/mol. The minimum atomic E-state index is -0.205. The molecule has 1 atom stereocenters. The van der Waals surface area contributed by atoms with Crippen LogP contribution in [-0.4, -0.2) is 10.9 Å². The number of carbonyl (C=O) groups is 1. The van der Waals surface area contributed by atoms with Gasteiger partial charge in [-0.2, -0.15) is 0 Å². The molecule has 1 amide bonds. The third-order valence-electron chi connectivity index (χ3n) is 5.72. The van der Waals surface area contributed by atoms with Gasteiger partial charge in [-0.25, -0.2) is 0 Å². The van der Waals surface area contributed by atoms with E-state index in [4.69, 9.17) is 20.8 Å². The fraction of sp³-hybridized carbons (Fsp3) is 0.107. The highest BCUT2D eigenvalue weighted by atomic mass is 35.5. The summed E-state index contributed by atoms with van der Waals surface area (Å²) in [7, 11) is 0. The number of halogens is 1. The molecule has 0 aliphatic heterocycles. The first-order valence-electron chi connectivity index (χ1n) is 11.0. The van der Waals surface area contributed by atoms with Gasteiger partial charge < -0.3 is 19.5 Å². The number of hydrogen-bond donors (Lipinski definition) is 2. The quantitative estimate of drug-likeness (QED) is 0.255. The molecule has 1 unspecified atom stereocenters. The first-order chi connectivity index (χ1) is 16.7. The van der Waals surface area contributed by atoms with E-state index in [1.165, 1.54) is 0 Å². The molecule has 2 N–H and O–H groups in total. The first-order valence-corrected chi connectivity index (χ1v) is 11.4. The second kappa shape index (κ2) is 9.89. The fourth-order valence-electron chi connectivity index (χ4n) is 4.09. The summed E-state index contributed by atoms with van der Waals surface area (Å²) in [4.78, 5) is 16.3. The molecular weight excluding hydrogens is 448 g/mol. The van der Waals surface area contributed by atoms with Gasteiger partial charge in [0.2, 0.25) is 5.91 Å². The number of hydrogen-bond acceptors (Lipinski definition) is 3. The van der Waals surface area contributed by atoms with E-state index in [1.54, 1.807) is 12.3 Å². The summed E-state index contributed by atoms with van der Waals surface area (Å²) in [6.45, 7) is 0.343. The average molecular weight is 471 g/mol. The summed E-state index contributed by atoms with van der Waals surface area (Å²) in [6, 6.07) is 26.9. The van der Waals surface area contributed by atoms with Crippen LogP contribution in [0.4, 0.5) is 0 Å². The molecular formula is C28H23ClN2O3. The zero-order valence-electron chi connectivity index (χ0n) is 18.3. The van der Waals surface area contributed by atoms with Crippen molar-refractivity contribution in [2.45, 2.75) is 18.9 Å². The topological polar surface area (TPSA) is 67.3 Å². The normalized spacial score (nSPS) is 11.9. The summed E-state index contributed by atoms with van der Waals surface area (Å²) in [5.74, 6) is 1.89. The standard InChI is InChI=1S/C28H23ClN2O3/c29-20-11-12-27-25(15-20)26(18-30-27)24(16-28(32)31-17-23-10-5-13-33-23)19-6-4-9-22(14-19)34-21-7-2-1-3-8-21/h1-15,18,24,30H,16-17H2,(H,31,32). The number of benzene rings is 3. The Morgan fingerprint density at radius 1 is 0.971 bits per heavy atom. The van der Waals surface area contributed by atoms with Crippen molar-refractivity contribution in [3.8, 4) is 11.5 Å². The third kappa shape index (κ3) is 5.00. The minimum absolute atomic E-state index is 0.0767. The number of rotatable bonds is 8. The second-order valence-corrected chi connectivity index (χ2v) is 8.47.